The monoisotopic (exact) mass is 241 g/mol. The van der Waals surface area contributed by atoms with E-state index < -0.39 is 0 Å². The van der Waals surface area contributed by atoms with Gasteiger partial charge in [-0.3, -0.25) is 9.67 Å². The summed E-state index contributed by atoms with van der Waals surface area (Å²) in [6, 6.07) is 4.05. The molecule has 2 aromatic rings. The van der Waals surface area contributed by atoms with Crippen molar-refractivity contribution in [3.8, 4) is 6.07 Å². The van der Waals surface area contributed by atoms with Gasteiger partial charge in [0.2, 0.25) is 0 Å². The van der Waals surface area contributed by atoms with Gasteiger partial charge in [0.1, 0.15) is 6.07 Å². The Hall–Kier alpha value is -2.35. The van der Waals surface area contributed by atoms with Gasteiger partial charge in [-0.1, -0.05) is 0 Å². The summed E-state index contributed by atoms with van der Waals surface area (Å²) in [7, 11) is 0. The second-order valence-electron chi connectivity index (χ2n) is 4.09. The molecule has 2 rings (SSSR count). The number of rotatable bonds is 3. The lowest BCUT2D eigenvalue weighted by atomic mass is 10.1. The number of hydrogen-bond acceptors (Lipinski definition) is 4. The summed E-state index contributed by atoms with van der Waals surface area (Å²) in [5.74, 6) is 0. The summed E-state index contributed by atoms with van der Waals surface area (Å²) in [5, 5.41) is 16.6. The maximum atomic E-state index is 9.17. The Morgan fingerprint density at radius 3 is 2.83 bits per heavy atom. The topological polar surface area (TPSA) is 66.5 Å². The van der Waals surface area contributed by atoms with Gasteiger partial charge in [-0.15, -0.1) is 0 Å². The Morgan fingerprint density at radius 2 is 2.22 bits per heavy atom. The molecule has 0 bridgehead atoms. The fourth-order valence-corrected chi connectivity index (χ4v) is 1.82. The second kappa shape index (κ2) is 4.88. The van der Waals surface area contributed by atoms with Gasteiger partial charge in [0.15, 0.2) is 0 Å². The Labute approximate surface area is 106 Å². The van der Waals surface area contributed by atoms with Gasteiger partial charge in [0.25, 0.3) is 0 Å². The minimum atomic E-state index is 0.574. The third kappa shape index (κ3) is 2.33. The molecule has 0 aliphatic heterocycles. The number of anilines is 2. The number of nitrogens with zero attached hydrogens (tertiary/aromatic N) is 4. The van der Waals surface area contributed by atoms with E-state index in [2.05, 4.69) is 21.5 Å². The van der Waals surface area contributed by atoms with Gasteiger partial charge in [-0.05, 0) is 26.8 Å². The zero-order valence-corrected chi connectivity index (χ0v) is 10.7. The Morgan fingerprint density at radius 1 is 1.44 bits per heavy atom. The van der Waals surface area contributed by atoms with Gasteiger partial charge in [0, 0.05) is 18.4 Å². The SMILES string of the molecule is CCn1cc(Nc2cc(C)nc(C)c2C#N)cn1. The molecular formula is C13H15N5. The minimum absolute atomic E-state index is 0.574. The molecule has 5 heteroatoms. The average molecular weight is 241 g/mol. The molecule has 0 saturated heterocycles. The molecular weight excluding hydrogens is 226 g/mol. The van der Waals surface area contributed by atoms with Gasteiger partial charge >= 0.3 is 0 Å². The molecule has 0 aliphatic carbocycles. The van der Waals surface area contributed by atoms with E-state index in [1.54, 1.807) is 6.20 Å². The molecule has 0 aliphatic rings. The molecule has 1 N–H and O–H groups in total. The number of pyridine rings is 1. The molecule has 2 aromatic heterocycles. The molecule has 0 unspecified atom stereocenters. The van der Waals surface area contributed by atoms with Crippen LogP contribution in [0.25, 0.3) is 0 Å². The highest BCUT2D eigenvalue weighted by Crippen LogP contribution is 2.22. The van der Waals surface area contributed by atoms with Crippen LogP contribution in [0.3, 0.4) is 0 Å². The van der Waals surface area contributed by atoms with Crippen molar-refractivity contribution in [1.82, 2.24) is 14.8 Å². The number of hydrogen-bond donors (Lipinski definition) is 1. The predicted octanol–water partition coefficient (Wildman–Crippen LogP) is 2.53. The van der Waals surface area contributed by atoms with Gasteiger partial charge in [-0.2, -0.15) is 10.4 Å². The van der Waals surface area contributed by atoms with Crippen LogP contribution in [0, 0.1) is 25.2 Å². The van der Waals surface area contributed by atoms with Crippen LogP contribution in [-0.2, 0) is 6.54 Å². The molecule has 2 heterocycles. The molecule has 0 atom stereocenters. The molecule has 0 saturated carbocycles. The quantitative estimate of drug-likeness (QED) is 0.896. The summed E-state index contributed by atoms with van der Waals surface area (Å²) in [4.78, 5) is 4.28. The van der Waals surface area contributed by atoms with Gasteiger partial charge in [-0.25, -0.2) is 0 Å². The molecule has 0 amide bonds. The van der Waals surface area contributed by atoms with Crippen molar-refractivity contribution in [1.29, 1.82) is 5.26 Å². The van der Waals surface area contributed by atoms with Crippen LogP contribution in [0.1, 0.15) is 23.9 Å². The first kappa shape index (κ1) is 12.1. The normalized spacial score (nSPS) is 10.1. The highest BCUT2D eigenvalue weighted by molar-refractivity contribution is 5.67. The highest BCUT2D eigenvalue weighted by atomic mass is 15.3. The molecule has 18 heavy (non-hydrogen) atoms. The first-order valence-corrected chi connectivity index (χ1v) is 5.82. The van der Waals surface area contributed by atoms with Crippen molar-refractivity contribution >= 4 is 11.4 Å². The fraction of sp³-hybridized carbons (Fsp3) is 0.308. The van der Waals surface area contributed by atoms with Crippen LogP contribution in [0.4, 0.5) is 11.4 Å². The van der Waals surface area contributed by atoms with Crippen LogP contribution < -0.4 is 5.32 Å². The third-order valence-corrected chi connectivity index (χ3v) is 2.68. The fourth-order valence-electron chi connectivity index (χ4n) is 1.82. The number of aromatic nitrogens is 3. The third-order valence-electron chi connectivity index (χ3n) is 2.68. The molecule has 0 radical (unpaired) electrons. The number of nitriles is 1. The maximum Gasteiger partial charge on any atom is 0.103 e. The first-order valence-electron chi connectivity index (χ1n) is 5.82. The van der Waals surface area contributed by atoms with E-state index in [1.807, 2.05) is 37.7 Å². The van der Waals surface area contributed by atoms with E-state index in [0.29, 0.717) is 5.56 Å². The van der Waals surface area contributed by atoms with Crippen molar-refractivity contribution in [3.63, 3.8) is 0 Å². The highest BCUT2D eigenvalue weighted by Gasteiger charge is 2.09. The second-order valence-corrected chi connectivity index (χ2v) is 4.09. The number of aryl methyl sites for hydroxylation is 3. The molecule has 0 spiro atoms. The first-order chi connectivity index (χ1) is 8.63. The van der Waals surface area contributed by atoms with Crippen LogP contribution in [0.15, 0.2) is 18.5 Å². The van der Waals surface area contributed by atoms with E-state index in [9.17, 15) is 0 Å². The van der Waals surface area contributed by atoms with E-state index in [0.717, 1.165) is 29.3 Å². The van der Waals surface area contributed by atoms with Crippen molar-refractivity contribution in [3.05, 3.63) is 35.4 Å². The van der Waals surface area contributed by atoms with E-state index in [1.165, 1.54) is 0 Å². The van der Waals surface area contributed by atoms with Crippen LogP contribution in [-0.4, -0.2) is 14.8 Å². The van der Waals surface area contributed by atoms with Gasteiger partial charge < -0.3 is 5.32 Å². The van der Waals surface area contributed by atoms with Crippen LogP contribution >= 0.6 is 0 Å². The smallest absolute Gasteiger partial charge is 0.103 e. The van der Waals surface area contributed by atoms with E-state index >= 15 is 0 Å². The van der Waals surface area contributed by atoms with E-state index in [4.69, 9.17) is 5.26 Å². The van der Waals surface area contributed by atoms with Crippen molar-refractivity contribution in [2.45, 2.75) is 27.3 Å². The average Bonchev–Trinajstić information content (AvgIpc) is 2.76. The zero-order valence-electron chi connectivity index (χ0n) is 10.7. The molecule has 92 valence electrons. The molecule has 0 aromatic carbocycles. The zero-order chi connectivity index (χ0) is 13.1. The summed E-state index contributed by atoms with van der Waals surface area (Å²) >= 11 is 0. The Bertz CT molecular complexity index is 606. The summed E-state index contributed by atoms with van der Waals surface area (Å²) in [6.45, 7) is 6.60. The Balaban J connectivity index is 2.36. The Kier molecular flexibility index (Phi) is 3.28. The van der Waals surface area contributed by atoms with Crippen molar-refractivity contribution in [2.75, 3.05) is 5.32 Å². The van der Waals surface area contributed by atoms with E-state index in [-0.39, 0.29) is 0 Å². The summed E-state index contributed by atoms with van der Waals surface area (Å²) in [6.07, 6.45) is 3.65. The lowest BCUT2D eigenvalue weighted by Crippen LogP contribution is -1.99. The number of nitrogens with one attached hydrogen (secondary N) is 1. The van der Waals surface area contributed by atoms with Crippen LogP contribution in [0.2, 0.25) is 0 Å². The minimum Gasteiger partial charge on any atom is -0.352 e. The molecule has 0 fully saturated rings. The van der Waals surface area contributed by atoms with Crippen molar-refractivity contribution < 1.29 is 0 Å². The standard InChI is InChI=1S/C13H15N5/c1-4-18-8-11(7-15-18)17-13-5-9(2)16-10(3)12(13)6-14/h5,7-8H,4H2,1-3H3,(H,16,17). The lowest BCUT2D eigenvalue weighted by Gasteiger charge is -2.08. The van der Waals surface area contributed by atoms with Gasteiger partial charge in [0.05, 0.1) is 28.8 Å². The summed E-state index contributed by atoms with van der Waals surface area (Å²) < 4.78 is 1.83. The van der Waals surface area contributed by atoms with Crippen molar-refractivity contribution in [2.24, 2.45) is 0 Å². The predicted molar refractivity (Wildman–Crippen MR) is 69.6 cm³/mol. The van der Waals surface area contributed by atoms with Crippen LogP contribution in [0.5, 0.6) is 0 Å². The lowest BCUT2D eigenvalue weighted by molar-refractivity contribution is 0.660. The molecule has 5 nitrogen and oxygen atoms in total. The maximum absolute atomic E-state index is 9.17. The largest absolute Gasteiger partial charge is 0.352 e. The summed E-state index contributed by atoms with van der Waals surface area (Å²) in [5.41, 5.74) is 3.85.